The lowest BCUT2D eigenvalue weighted by atomic mass is 10.0. The summed E-state index contributed by atoms with van der Waals surface area (Å²) >= 11 is 19.9. The molecule has 8 heteroatoms. The summed E-state index contributed by atoms with van der Waals surface area (Å²) < 4.78 is 0. The molecule has 3 aromatic rings. The molecule has 0 fully saturated rings. The van der Waals surface area contributed by atoms with Gasteiger partial charge < -0.3 is 10.2 Å². The summed E-state index contributed by atoms with van der Waals surface area (Å²) in [5, 5.41) is 4.40. The zero-order chi connectivity index (χ0) is 25.2. The summed E-state index contributed by atoms with van der Waals surface area (Å²) in [4.78, 5) is 28.3. The number of nitrogens with zero attached hydrogens (tertiary/aromatic N) is 1. The molecule has 2 amide bonds. The smallest absolute Gasteiger partial charge is 0.243 e. The monoisotopic (exact) mass is 548 g/mol. The Morgan fingerprint density at radius 2 is 1.63 bits per heavy atom. The summed E-state index contributed by atoms with van der Waals surface area (Å²) in [6.07, 6.45) is 0.401. The zero-order valence-electron chi connectivity index (χ0n) is 19.3. The van der Waals surface area contributed by atoms with E-state index in [9.17, 15) is 9.59 Å². The number of nitrogens with one attached hydrogen (secondary N) is 1. The van der Waals surface area contributed by atoms with Crippen LogP contribution in [0, 0.1) is 0 Å². The molecule has 0 unspecified atom stereocenters. The Hall–Kier alpha value is -2.18. The minimum Gasteiger partial charge on any atom is -0.355 e. The Balaban J connectivity index is 1.84. The molecule has 1 N–H and O–H groups in total. The third-order valence-corrected chi connectivity index (χ3v) is 7.30. The third kappa shape index (κ3) is 8.46. The first-order chi connectivity index (χ1) is 16.9. The number of halogens is 3. The van der Waals surface area contributed by atoms with Crippen molar-refractivity contribution in [3.63, 3.8) is 0 Å². The van der Waals surface area contributed by atoms with Crippen LogP contribution in [-0.2, 0) is 28.3 Å². The van der Waals surface area contributed by atoms with Crippen LogP contribution in [0.4, 0.5) is 0 Å². The number of carbonyl (C=O) groups is 2. The number of hydrogen-bond donors (Lipinski definition) is 1. The SMILES string of the molecule is CCNC(=O)[C@H](Cc1ccccc1)N(Cc1ccc(Cl)c(Cl)c1)C(=O)CSCc1cccc(Cl)c1. The van der Waals surface area contributed by atoms with Crippen LogP contribution in [0.15, 0.2) is 72.8 Å². The number of benzene rings is 3. The third-order valence-electron chi connectivity index (χ3n) is 5.34. The van der Waals surface area contributed by atoms with Crippen molar-refractivity contribution in [1.29, 1.82) is 0 Å². The van der Waals surface area contributed by atoms with E-state index in [1.54, 1.807) is 17.0 Å². The van der Waals surface area contributed by atoms with Crippen LogP contribution in [-0.4, -0.2) is 35.1 Å². The number of carbonyl (C=O) groups excluding carboxylic acids is 2. The van der Waals surface area contributed by atoms with Crippen molar-refractivity contribution in [3.8, 4) is 0 Å². The van der Waals surface area contributed by atoms with Crippen LogP contribution >= 0.6 is 46.6 Å². The predicted molar refractivity (Wildman–Crippen MR) is 147 cm³/mol. The largest absolute Gasteiger partial charge is 0.355 e. The van der Waals surface area contributed by atoms with Crippen molar-refractivity contribution >= 4 is 58.4 Å². The van der Waals surface area contributed by atoms with Gasteiger partial charge >= 0.3 is 0 Å². The van der Waals surface area contributed by atoms with Gasteiger partial charge in [-0.25, -0.2) is 0 Å². The summed E-state index contributed by atoms with van der Waals surface area (Å²) in [5.74, 6) is 0.538. The van der Waals surface area contributed by atoms with Crippen LogP contribution in [0.25, 0.3) is 0 Å². The lowest BCUT2D eigenvalue weighted by Crippen LogP contribution is -2.51. The fourth-order valence-electron chi connectivity index (χ4n) is 3.65. The van der Waals surface area contributed by atoms with E-state index in [1.807, 2.05) is 67.6 Å². The molecular formula is C27H27Cl3N2O2S. The van der Waals surface area contributed by atoms with E-state index in [1.165, 1.54) is 11.8 Å². The minimum atomic E-state index is -0.675. The molecule has 0 radical (unpaired) electrons. The van der Waals surface area contributed by atoms with Gasteiger partial charge in [-0.3, -0.25) is 9.59 Å². The van der Waals surface area contributed by atoms with Gasteiger partial charge in [0.25, 0.3) is 0 Å². The molecule has 0 saturated carbocycles. The van der Waals surface area contributed by atoms with Gasteiger partial charge in [0.15, 0.2) is 0 Å². The molecule has 1 atom stereocenters. The topological polar surface area (TPSA) is 49.4 Å². The average Bonchev–Trinajstić information content (AvgIpc) is 2.84. The first kappa shape index (κ1) is 27.4. The first-order valence-electron chi connectivity index (χ1n) is 11.2. The van der Waals surface area contributed by atoms with Gasteiger partial charge in [0.05, 0.1) is 15.8 Å². The number of thioether (sulfide) groups is 1. The maximum Gasteiger partial charge on any atom is 0.243 e. The van der Waals surface area contributed by atoms with Gasteiger partial charge in [-0.2, -0.15) is 0 Å². The highest BCUT2D eigenvalue weighted by Gasteiger charge is 2.30. The van der Waals surface area contributed by atoms with E-state index in [4.69, 9.17) is 34.8 Å². The molecule has 0 saturated heterocycles. The minimum absolute atomic E-state index is 0.129. The van der Waals surface area contributed by atoms with E-state index in [0.29, 0.717) is 33.8 Å². The molecule has 0 spiro atoms. The summed E-state index contributed by atoms with van der Waals surface area (Å²) in [6.45, 7) is 2.58. The molecule has 3 aromatic carbocycles. The lowest BCUT2D eigenvalue weighted by molar-refractivity contribution is -0.139. The van der Waals surface area contributed by atoms with Crippen LogP contribution in [0.2, 0.25) is 15.1 Å². The maximum absolute atomic E-state index is 13.5. The number of rotatable bonds is 11. The second-order valence-electron chi connectivity index (χ2n) is 7.99. The summed E-state index contributed by atoms with van der Waals surface area (Å²) in [6, 6.07) is 21.9. The van der Waals surface area contributed by atoms with Crippen molar-refractivity contribution < 1.29 is 9.59 Å². The number of amides is 2. The summed E-state index contributed by atoms with van der Waals surface area (Å²) in [7, 11) is 0. The predicted octanol–water partition coefficient (Wildman–Crippen LogP) is 6.66. The van der Waals surface area contributed by atoms with Gasteiger partial charge in [-0.1, -0.05) is 83.3 Å². The van der Waals surface area contributed by atoms with Crippen LogP contribution < -0.4 is 5.32 Å². The molecule has 4 nitrogen and oxygen atoms in total. The van der Waals surface area contributed by atoms with E-state index < -0.39 is 6.04 Å². The van der Waals surface area contributed by atoms with Crippen LogP contribution in [0.3, 0.4) is 0 Å². The Morgan fingerprint density at radius 1 is 0.886 bits per heavy atom. The molecule has 35 heavy (non-hydrogen) atoms. The molecule has 3 rings (SSSR count). The fraction of sp³-hybridized carbons (Fsp3) is 0.259. The van der Waals surface area contributed by atoms with E-state index in [2.05, 4.69) is 5.32 Å². The Morgan fingerprint density at radius 3 is 2.31 bits per heavy atom. The maximum atomic E-state index is 13.5. The summed E-state index contributed by atoms with van der Waals surface area (Å²) in [5.41, 5.74) is 2.81. The molecular weight excluding hydrogens is 523 g/mol. The highest BCUT2D eigenvalue weighted by atomic mass is 35.5. The molecule has 0 aliphatic heterocycles. The molecule has 0 aliphatic carbocycles. The van der Waals surface area contributed by atoms with Crippen molar-refractivity contribution in [2.24, 2.45) is 0 Å². The molecule has 0 aliphatic rings. The van der Waals surface area contributed by atoms with E-state index >= 15 is 0 Å². The van der Waals surface area contributed by atoms with Crippen molar-refractivity contribution in [2.75, 3.05) is 12.3 Å². The molecule has 184 valence electrons. The van der Waals surface area contributed by atoms with Crippen LogP contribution in [0.1, 0.15) is 23.6 Å². The van der Waals surface area contributed by atoms with Gasteiger partial charge in [-0.15, -0.1) is 11.8 Å². The van der Waals surface area contributed by atoms with Crippen molar-refractivity contribution in [2.45, 2.75) is 31.7 Å². The van der Waals surface area contributed by atoms with Crippen LogP contribution in [0.5, 0.6) is 0 Å². The van der Waals surface area contributed by atoms with E-state index in [-0.39, 0.29) is 24.1 Å². The van der Waals surface area contributed by atoms with Gasteiger partial charge in [0.2, 0.25) is 11.8 Å². The van der Waals surface area contributed by atoms with Gasteiger partial charge in [0.1, 0.15) is 6.04 Å². The first-order valence-corrected chi connectivity index (χ1v) is 13.5. The number of likely N-dealkylation sites (N-methyl/N-ethyl adjacent to an activating group) is 1. The second-order valence-corrected chi connectivity index (χ2v) is 10.2. The normalized spacial score (nSPS) is 11.7. The van der Waals surface area contributed by atoms with Gasteiger partial charge in [0, 0.05) is 30.3 Å². The Kier molecular flexibility index (Phi) is 10.8. The van der Waals surface area contributed by atoms with Gasteiger partial charge in [-0.05, 0) is 47.9 Å². The Bertz CT molecular complexity index is 1140. The van der Waals surface area contributed by atoms with Crippen molar-refractivity contribution in [3.05, 3.63) is 105 Å². The molecule has 0 bridgehead atoms. The highest BCUT2D eigenvalue weighted by molar-refractivity contribution is 7.99. The standard InChI is InChI=1S/C27H27Cl3N2O2S/c1-2-31-27(34)25(15-19-7-4-3-5-8-19)32(16-20-11-12-23(29)24(30)14-20)26(33)18-35-17-21-9-6-10-22(28)13-21/h3-14,25H,2,15-18H2,1H3,(H,31,34)/t25-/m0/s1. The Labute approximate surface area is 225 Å². The van der Waals surface area contributed by atoms with Crippen molar-refractivity contribution in [1.82, 2.24) is 10.2 Å². The zero-order valence-corrected chi connectivity index (χ0v) is 22.4. The fourth-order valence-corrected chi connectivity index (χ4v) is 5.04. The average molecular weight is 550 g/mol. The lowest BCUT2D eigenvalue weighted by Gasteiger charge is -2.31. The second kappa shape index (κ2) is 13.8. The quantitative estimate of drug-likeness (QED) is 0.291. The van der Waals surface area contributed by atoms with E-state index in [0.717, 1.165) is 16.7 Å². The number of hydrogen-bond acceptors (Lipinski definition) is 3. The molecule has 0 heterocycles. The molecule has 0 aromatic heterocycles. The highest BCUT2D eigenvalue weighted by Crippen LogP contribution is 2.25.